The maximum atomic E-state index is 12.3. The van der Waals surface area contributed by atoms with Gasteiger partial charge in [-0.05, 0) is 45.2 Å². The highest BCUT2D eigenvalue weighted by atomic mass is 16.5. The fourth-order valence-corrected chi connectivity index (χ4v) is 3.79. The second-order valence-corrected chi connectivity index (χ2v) is 7.96. The van der Waals surface area contributed by atoms with Gasteiger partial charge >= 0.3 is 6.09 Å². The number of alkyl carbamates (subject to hydrolysis) is 1. The van der Waals surface area contributed by atoms with Gasteiger partial charge in [-0.1, -0.05) is 20.8 Å². The van der Waals surface area contributed by atoms with Crippen LogP contribution in [-0.4, -0.2) is 92.3 Å². The minimum atomic E-state index is -0.210. The maximum absolute atomic E-state index is 12.3. The van der Waals surface area contributed by atoms with E-state index in [-0.39, 0.29) is 11.6 Å². The van der Waals surface area contributed by atoms with Crippen molar-refractivity contribution in [3.05, 3.63) is 0 Å². The molecule has 1 N–H and O–H groups in total. The van der Waals surface area contributed by atoms with Gasteiger partial charge in [0.05, 0.1) is 12.1 Å². The summed E-state index contributed by atoms with van der Waals surface area (Å²) >= 11 is 0. The Morgan fingerprint density at radius 3 is 2.15 bits per heavy atom. The smallest absolute Gasteiger partial charge is 0.407 e. The van der Waals surface area contributed by atoms with E-state index < -0.39 is 0 Å². The molecule has 0 bridgehead atoms. The molecule has 0 atom stereocenters. The first kappa shape index (κ1) is 21.5. The van der Waals surface area contributed by atoms with Crippen LogP contribution in [0.15, 0.2) is 0 Å². The number of likely N-dealkylation sites (tertiary alicyclic amines) is 1. The lowest BCUT2D eigenvalue weighted by molar-refractivity contribution is 0.0628. The largest absolute Gasteiger partial charge is 0.449 e. The van der Waals surface area contributed by atoms with E-state index >= 15 is 0 Å². The highest BCUT2D eigenvalue weighted by Gasteiger charge is 2.38. The summed E-state index contributed by atoms with van der Waals surface area (Å²) in [5, 5.41) is 3.27. The lowest BCUT2D eigenvalue weighted by atomic mass is 9.87. The molecule has 3 fully saturated rings. The molecule has 2 heterocycles. The van der Waals surface area contributed by atoms with Crippen LogP contribution in [0.5, 0.6) is 0 Å². The molecule has 0 unspecified atom stereocenters. The Labute approximate surface area is 160 Å². The number of amides is 1. The second-order valence-electron chi connectivity index (χ2n) is 7.96. The van der Waals surface area contributed by atoms with Crippen molar-refractivity contribution in [1.29, 1.82) is 0 Å². The van der Waals surface area contributed by atoms with Crippen LogP contribution in [-0.2, 0) is 4.74 Å². The molecule has 0 aromatic carbocycles. The van der Waals surface area contributed by atoms with Gasteiger partial charge < -0.3 is 19.9 Å². The quantitative estimate of drug-likeness (QED) is 0.779. The highest BCUT2D eigenvalue weighted by molar-refractivity contribution is 5.68. The van der Waals surface area contributed by atoms with E-state index in [1.54, 1.807) is 0 Å². The van der Waals surface area contributed by atoms with Crippen molar-refractivity contribution in [3.63, 3.8) is 0 Å². The Balaban J connectivity index is 0.00000117. The monoisotopic (exact) mass is 368 g/mol. The third-order valence-electron chi connectivity index (χ3n) is 5.90. The molecule has 1 saturated carbocycles. The average Bonchev–Trinajstić information content (AvgIpc) is 3.49. The minimum Gasteiger partial charge on any atom is -0.449 e. The Bertz CT molecular complexity index is 412. The summed E-state index contributed by atoms with van der Waals surface area (Å²) in [6.07, 6.45) is 4.24. The molecule has 2 saturated heterocycles. The van der Waals surface area contributed by atoms with Gasteiger partial charge in [-0.2, -0.15) is 0 Å². The van der Waals surface area contributed by atoms with Crippen LogP contribution >= 0.6 is 0 Å². The first-order valence-corrected chi connectivity index (χ1v) is 10.7. The van der Waals surface area contributed by atoms with Crippen molar-refractivity contribution in [2.45, 2.75) is 52.0 Å². The number of hydrogen-bond donors (Lipinski definition) is 1. The number of ether oxygens (including phenoxy) is 1. The molecule has 0 radical (unpaired) electrons. The number of rotatable bonds is 6. The predicted molar refractivity (Wildman–Crippen MR) is 107 cm³/mol. The molecule has 6 heteroatoms. The number of carbonyl (C=O) groups excluding carboxylic acids is 1. The lowest BCUT2D eigenvalue weighted by Gasteiger charge is -2.45. The topological polar surface area (TPSA) is 48.1 Å². The van der Waals surface area contributed by atoms with Crippen LogP contribution in [0.2, 0.25) is 0 Å². The minimum absolute atomic E-state index is 0.123. The van der Waals surface area contributed by atoms with Gasteiger partial charge in [-0.3, -0.25) is 4.90 Å². The molecule has 3 aliphatic rings. The summed E-state index contributed by atoms with van der Waals surface area (Å²) < 4.78 is 5.45. The molecule has 3 rings (SSSR count). The van der Waals surface area contributed by atoms with Crippen molar-refractivity contribution >= 4 is 6.09 Å². The SMILES string of the molecule is CC.CCN1CCN(CC2(NC(=O)OCC3CC3)CCN(C)CC2)CC1. The summed E-state index contributed by atoms with van der Waals surface area (Å²) in [6.45, 7) is 15.5. The van der Waals surface area contributed by atoms with Crippen LogP contribution in [0.25, 0.3) is 0 Å². The van der Waals surface area contributed by atoms with Gasteiger partial charge in [0, 0.05) is 45.8 Å². The Hall–Kier alpha value is -0.850. The zero-order valence-electron chi connectivity index (χ0n) is 17.4. The molecule has 0 aromatic rings. The van der Waals surface area contributed by atoms with Gasteiger partial charge in [-0.15, -0.1) is 0 Å². The van der Waals surface area contributed by atoms with Gasteiger partial charge in [-0.25, -0.2) is 4.79 Å². The maximum Gasteiger partial charge on any atom is 0.407 e. The standard InChI is InChI=1S/C18H34N4O2.C2H6/c1-3-21-10-12-22(13-11-21)15-18(6-8-20(2)9-7-18)19-17(23)24-14-16-4-5-16;1-2/h16H,3-15H2,1-2H3,(H,19,23);1-2H3. The average molecular weight is 369 g/mol. The van der Waals surface area contributed by atoms with Crippen molar-refractivity contribution in [2.75, 3.05) is 66.0 Å². The summed E-state index contributed by atoms with van der Waals surface area (Å²) in [6, 6.07) is 0. The number of nitrogens with one attached hydrogen (secondary N) is 1. The van der Waals surface area contributed by atoms with E-state index in [0.29, 0.717) is 12.5 Å². The summed E-state index contributed by atoms with van der Waals surface area (Å²) in [4.78, 5) is 19.7. The van der Waals surface area contributed by atoms with E-state index in [1.165, 1.54) is 12.8 Å². The third-order valence-corrected chi connectivity index (χ3v) is 5.90. The van der Waals surface area contributed by atoms with E-state index in [0.717, 1.165) is 65.2 Å². The molecule has 1 aliphatic carbocycles. The fraction of sp³-hybridized carbons (Fsp3) is 0.950. The zero-order valence-corrected chi connectivity index (χ0v) is 17.4. The normalized spacial score (nSPS) is 24.5. The van der Waals surface area contributed by atoms with E-state index in [9.17, 15) is 4.79 Å². The Morgan fingerprint density at radius 1 is 1.04 bits per heavy atom. The molecule has 2 aliphatic heterocycles. The zero-order chi connectivity index (χ0) is 19.0. The number of piperidine rings is 1. The molecular formula is C20H40N4O2. The van der Waals surface area contributed by atoms with Gasteiger partial charge in [0.1, 0.15) is 0 Å². The summed E-state index contributed by atoms with van der Waals surface area (Å²) in [5.41, 5.74) is -0.123. The molecule has 6 nitrogen and oxygen atoms in total. The van der Waals surface area contributed by atoms with E-state index in [2.05, 4.69) is 34.0 Å². The molecule has 0 spiro atoms. The van der Waals surface area contributed by atoms with Crippen molar-refractivity contribution in [3.8, 4) is 0 Å². The van der Waals surface area contributed by atoms with Crippen molar-refractivity contribution in [1.82, 2.24) is 20.0 Å². The van der Waals surface area contributed by atoms with Gasteiger partial charge in [0.25, 0.3) is 0 Å². The summed E-state index contributed by atoms with van der Waals surface area (Å²) in [7, 11) is 2.16. The van der Waals surface area contributed by atoms with E-state index in [1.807, 2.05) is 13.8 Å². The second kappa shape index (κ2) is 10.5. The first-order chi connectivity index (χ1) is 12.6. The number of likely N-dealkylation sites (N-methyl/N-ethyl adjacent to an activating group) is 1. The van der Waals surface area contributed by atoms with Gasteiger partial charge in [0.15, 0.2) is 0 Å². The van der Waals surface area contributed by atoms with Gasteiger partial charge in [0.2, 0.25) is 0 Å². The third kappa shape index (κ3) is 6.71. The number of piperazine rings is 1. The summed E-state index contributed by atoms with van der Waals surface area (Å²) in [5.74, 6) is 0.617. The van der Waals surface area contributed by atoms with Crippen LogP contribution in [0.4, 0.5) is 4.79 Å². The van der Waals surface area contributed by atoms with Crippen LogP contribution in [0.1, 0.15) is 46.5 Å². The molecular weight excluding hydrogens is 328 g/mol. The van der Waals surface area contributed by atoms with Crippen molar-refractivity contribution < 1.29 is 9.53 Å². The molecule has 0 aromatic heterocycles. The van der Waals surface area contributed by atoms with Crippen LogP contribution in [0.3, 0.4) is 0 Å². The fourth-order valence-electron chi connectivity index (χ4n) is 3.79. The molecule has 1 amide bonds. The Morgan fingerprint density at radius 2 is 1.62 bits per heavy atom. The number of carbonyl (C=O) groups is 1. The Kier molecular flexibility index (Phi) is 8.64. The first-order valence-electron chi connectivity index (χ1n) is 10.7. The number of hydrogen-bond acceptors (Lipinski definition) is 5. The predicted octanol–water partition coefficient (Wildman–Crippen LogP) is 2.25. The van der Waals surface area contributed by atoms with Crippen LogP contribution in [0, 0.1) is 5.92 Å². The lowest BCUT2D eigenvalue weighted by Crippen LogP contribution is -2.62. The number of nitrogens with zero attached hydrogens (tertiary/aromatic N) is 3. The van der Waals surface area contributed by atoms with Crippen molar-refractivity contribution in [2.24, 2.45) is 5.92 Å². The highest BCUT2D eigenvalue weighted by Crippen LogP contribution is 2.29. The van der Waals surface area contributed by atoms with Crippen LogP contribution < -0.4 is 5.32 Å². The molecule has 26 heavy (non-hydrogen) atoms. The van der Waals surface area contributed by atoms with E-state index in [4.69, 9.17) is 4.74 Å². The molecule has 152 valence electrons.